The van der Waals surface area contributed by atoms with Gasteiger partial charge in [0.15, 0.2) is 0 Å². The predicted molar refractivity (Wildman–Crippen MR) is 59.6 cm³/mol. The van der Waals surface area contributed by atoms with E-state index in [9.17, 15) is 14.4 Å². The number of nitrogens with zero attached hydrogens (tertiary/aromatic N) is 1. The molecule has 1 aliphatic rings. The van der Waals surface area contributed by atoms with Gasteiger partial charge in [-0.2, -0.15) is 0 Å². The molecule has 0 aromatic carbocycles. The first kappa shape index (κ1) is 12.8. The van der Waals surface area contributed by atoms with Crippen molar-refractivity contribution < 1.29 is 19.1 Å². The van der Waals surface area contributed by atoms with Gasteiger partial charge in [0, 0.05) is 12.6 Å². The second kappa shape index (κ2) is 5.16. The van der Waals surface area contributed by atoms with Gasteiger partial charge in [-0.05, 0) is 17.7 Å². The largest absolute Gasteiger partial charge is 0.466 e. The van der Waals surface area contributed by atoms with Gasteiger partial charge in [0.2, 0.25) is 0 Å². The molecule has 0 N–H and O–H groups in total. The summed E-state index contributed by atoms with van der Waals surface area (Å²) in [6.07, 6.45) is 1.05. The molecular weight excluding hydrogens is 230 g/mol. The van der Waals surface area contributed by atoms with Crippen LogP contribution in [-0.2, 0) is 14.3 Å². The average Bonchev–Trinajstić information content (AvgIpc) is 2.45. The summed E-state index contributed by atoms with van der Waals surface area (Å²) in [6, 6.07) is 0. The summed E-state index contributed by atoms with van der Waals surface area (Å²) in [5.41, 5.74) is 0. The van der Waals surface area contributed by atoms with Crippen LogP contribution in [0.3, 0.4) is 0 Å². The Labute approximate surface area is 97.8 Å². The number of amides is 2. The Bertz CT molecular complexity index is 362. The normalized spacial score (nSPS) is 18.8. The van der Waals surface area contributed by atoms with Crippen molar-refractivity contribution in [2.45, 2.75) is 13.8 Å². The molecule has 0 bridgehead atoms. The van der Waals surface area contributed by atoms with E-state index in [4.69, 9.17) is 0 Å². The number of hydrogen-bond donors (Lipinski definition) is 0. The molecular formula is C10H13NO4S. The predicted octanol–water partition coefficient (Wildman–Crippen LogP) is 1.39. The van der Waals surface area contributed by atoms with Crippen LogP contribution in [-0.4, -0.2) is 35.7 Å². The third kappa shape index (κ3) is 2.85. The van der Waals surface area contributed by atoms with E-state index in [1.807, 2.05) is 13.8 Å². The highest BCUT2D eigenvalue weighted by Gasteiger charge is 2.35. The topological polar surface area (TPSA) is 63.7 Å². The molecule has 0 radical (unpaired) electrons. The maximum absolute atomic E-state index is 11.7. The highest BCUT2D eigenvalue weighted by atomic mass is 32.2. The molecule has 2 amide bonds. The molecule has 0 unspecified atom stereocenters. The summed E-state index contributed by atoms with van der Waals surface area (Å²) in [7, 11) is 1.22. The van der Waals surface area contributed by atoms with E-state index in [0.29, 0.717) is 6.54 Å². The lowest BCUT2D eigenvalue weighted by atomic mass is 10.2. The average molecular weight is 243 g/mol. The van der Waals surface area contributed by atoms with Crippen LogP contribution in [0.25, 0.3) is 0 Å². The van der Waals surface area contributed by atoms with Crippen molar-refractivity contribution in [3.63, 3.8) is 0 Å². The summed E-state index contributed by atoms with van der Waals surface area (Å²) in [5.74, 6) is -0.852. The molecule has 5 nitrogen and oxygen atoms in total. The number of hydrogen-bond acceptors (Lipinski definition) is 5. The first-order chi connectivity index (χ1) is 7.45. The highest BCUT2D eigenvalue weighted by Crippen LogP contribution is 2.30. The number of thioether (sulfide) groups is 1. The summed E-state index contributed by atoms with van der Waals surface area (Å²) in [5, 5.41) is -0.339. The van der Waals surface area contributed by atoms with Crippen LogP contribution in [0.15, 0.2) is 11.0 Å². The number of ether oxygens (including phenoxy) is 1. The molecule has 0 aliphatic carbocycles. The molecule has 6 heteroatoms. The van der Waals surface area contributed by atoms with Crippen molar-refractivity contribution in [3.05, 3.63) is 11.0 Å². The number of carbonyl (C=O) groups excluding carboxylic acids is 3. The quantitative estimate of drug-likeness (QED) is 0.553. The number of rotatable bonds is 3. The molecule has 16 heavy (non-hydrogen) atoms. The van der Waals surface area contributed by atoms with Crippen LogP contribution in [0.5, 0.6) is 0 Å². The molecule has 88 valence electrons. The van der Waals surface area contributed by atoms with E-state index in [-0.39, 0.29) is 16.1 Å². The van der Waals surface area contributed by atoms with E-state index >= 15 is 0 Å². The Hall–Kier alpha value is -1.30. The van der Waals surface area contributed by atoms with Crippen LogP contribution in [0.4, 0.5) is 4.79 Å². The summed E-state index contributed by atoms with van der Waals surface area (Å²) >= 11 is 0.765. The zero-order chi connectivity index (χ0) is 12.3. The van der Waals surface area contributed by atoms with Gasteiger partial charge in [-0.3, -0.25) is 14.5 Å². The molecule has 1 aliphatic heterocycles. The highest BCUT2D eigenvalue weighted by molar-refractivity contribution is 8.18. The van der Waals surface area contributed by atoms with Gasteiger partial charge >= 0.3 is 5.97 Å². The van der Waals surface area contributed by atoms with Crippen LogP contribution in [0.1, 0.15) is 13.8 Å². The third-order valence-corrected chi connectivity index (χ3v) is 2.78. The Morgan fingerprint density at radius 2 is 2.12 bits per heavy atom. The van der Waals surface area contributed by atoms with Crippen molar-refractivity contribution in [1.82, 2.24) is 4.90 Å². The van der Waals surface area contributed by atoms with E-state index in [0.717, 1.165) is 22.7 Å². The molecule has 0 aromatic heterocycles. The molecule has 0 atom stereocenters. The van der Waals surface area contributed by atoms with Crippen molar-refractivity contribution in [2.75, 3.05) is 13.7 Å². The Balaban J connectivity index is 2.82. The van der Waals surface area contributed by atoms with Crippen molar-refractivity contribution in [1.29, 1.82) is 0 Å². The number of methoxy groups -OCH3 is 1. The second-order valence-electron chi connectivity index (χ2n) is 3.71. The Morgan fingerprint density at radius 1 is 1.50 bits per heavy atom. The van der Waals surface area contributed by atoms with E-state index < -0.39 is 11.9 Å². The lowest BCUT2D eigenvalue weighted by Crippen LogP contribution is -2.31. The minimum Gasteiger partial charge on any atom is -0.466 e. The second-order valence-corrected chi connectivity index (χ2v) is 4.70. The SMILES string of the molecule is COC(=O)C=C1SC(=O)N(CC(C)C)C1=O. The monoisotopic (exact) mass is 243 g/mol. The van der Waals surface area contributed by atoms with Crippen LogP contribution in [0, 0.1) is 5.92 Å². The fraction of sp³-hybridized carbons (Fsp3) is 0.500. The number of carbonyl (C=O) groups is 3. The van der Waals surface area contributed by atoms with Gasteiger partial charge in [-0.15, -0.1) is 0 Å². The zero-order valence-corrected chi connectivity index (χ0v) is 10.2. The zero-order valence-electron chi connectivity index (χ0n) is 9.35. The standard InChI is InChI=1S/C10H13NO4S/c1-6(2)5-11-9(13)7(16-10(11)14)4-8(12)15-3/h4,6H,5H2,1-3H3. The molecule has 1 heterocycles. The van der Waals surface area contributed by atoms with Crippen molar-refractivity contribution >= 4 is 28.9 Å². The van der Waals surface area contributed by atoms with Crippen molar-refractivity contribution in [3.8, 4) is 0 Å². The van der Waals surface area contributed by atoms with E-state index in [1.165, 1.54) is 7.11 Å². The number of esters is 1. The maximum atomic E-state index is 11.7. The molecule has 1 saturated heterocycles. The third-order valence-electron chi connectivity index (χ3n) is 1.87. The molecule has 1 rings (SSSR count). The van der Waals surface area contributed by atoms with Crippen LogP contribution in [0.2, 0.25) is 0 Å². The lowest BCUT2D eigenvalue weighted by Gasteiger charge is -2.14. The van der Waals surface area contributed by atoms with Gasteiger partial charge in [-0.25, -0.2) is 4.79 Å². The first-order valence-corrected chi connectivity index (χ1v) is 5.60. The van der Waals surface area contributed by atoms with Gasteiger partial charge in [0.05, 0.1) is 12.0 Å². The van der Waals surface area contributed by atoms with Gasteiger partial charge in [0.25, 0.3) is 11.1 Å². The molecule has 1 fully saturated rings. The fourth-order valence-electron chi connectivity index (χ4n) is 1.19. The summed E-state index contributed by atoms with van der Waals surface area (Å²) < 4.78 is 4.40. The molecule has 0 spiro atoms. The fourth-order valence-corrected chi connectivity index (χ4v) is 2.00. The molecule has 0 aromatic rings. The first-order valence-electron chi connectivity index (χ1n) is 4.79. The van der Waals surface area contributed by atoms with Crippen molar-refractivity contribution in [2.24, 2.45) is 5.92 Å². The van der Waals surface area contributed by atoms with E-state index in [1.54, 1.807) is 0 Å². The lowest BCUT2D eigenvalue weighted by molar-refractivity contribution is -0.135. The van der Waals surface area contributed by atoms with E-state index in [2.05, 4.69) is 4.74 Å². The molecule has 0 saturated carbocycles. The summed E-state index contributed by atoms with van der Waals surface area (Å²) in [6.45, 7) is 4.18. The van der Waals surface area contributed by atoms with Gasteiger partial charge < -0.3 is 4.74 Å². The summed E-state index contributed by atoms with van der Waals surface area (Å²) in [4.78, 5) is 35.4. The maximum Gasteiger partial charge on any atom is 0.331 e. The Morgan fingerprint density at radius 3 is 2.62 bits per heavy atom. The minimum absolute atomic E-state index is 0.123. The Kier molecular flexibility index (Phi) is 4.12. The van der Waals surface area contributed by atoms with Gasteiger partial charge in [0.1, 0.15) is 0 Å². The van der Waals surface area contributed by atoms with Crippen LogP contribution >= 0.6 is 11.8 Å². The van der Waals surface area contributed by atoms with Gasteiger partial charge in [-0.1, -0.05) is 13.8 Å². The smallest absolute Gasteiger partial charge is 0.331 e. The number of imide groups is 1. The minimum atomic E-state index is -0.630. The van der Waals surface area contributed by atoms with Crippen LogP contribution < -0.4 is 0 Å².